The number of hydrogen-bond donors (Lipinski definition) is 2. The lowest BCUT2D eigenvalue weighted by atomic mass is 9.96. The minimum Gasteiger partial charge on any atom is -0.463 e. The van der Waals surface area contributed by atoms with Crippen LogP contribution in [0.2, 0.25) is 0 Å². The van der Waals surface area contributed by atoms with Gasteiger partial charge in [0, 0.05) is 34.3 Å². The van der Waals surface area contributed by atoms with E-state index in [2.05, 4.69) is 5.32 Å². The van der Waals surface area contributed by atoms with Crippen molar-refractivity contribution in [2.75, 3.05) is 19.8 Å². The van der Waals surface area contributed by atoms with Gasteiger partial charge in [-0.05, 0) is 6.42 Å². The molecule has 1 aliphatic heterocycles. The minimum atomic E-state index is -1.16. The van der Waals surface area contributed by atoms with Gasteiger partial charge in [-0.3, -0.25) is 19.2 Å². The number of amides is 1. The highest BCUT2D eigenvalue weighted by atomic mass is 16.7. The van der Waals surface area contributed by atoms with E-state index < -0.39 is 54.5 Å². The smallest absolute Gasteiger partial charge is 0.303 e. The van der Waals surface area contributed by atoms with Crippen molar-refractivity contribution >= 4 is 23.8 Å². The average molecular weight is 405 g/mol. The van der Waals surface area contributed by atoms with Crippen LogP contribution in [0.15, 0.2) is 0 Å². The van der Waals surface area contributed by atoms with Crippen LogP contribution in [0.3, 0.4) is 0 Å². The predicted molar refractivity (Wildman–Crippen MR) is 91.7 cm³/mol. The molecule has 1 amide bonds. The van der Waals surface area contributed by atoms with E-state index in [1.54, 1.807) is 0 Å². The zero-order valence-electron chi connectivity index (χ0n) is 16.3. The Morgan fingerprint density at radius 3 is 2.07 bits per heavy atom. The molecule has 11 heteroatoms. The monoisotopic (exact) mass is 405 g/mol. The Balaban J connectivity index is 3.21. The van der Waals surface area contributed by atoms with E-state index in [0.29, 0.717) is 6.42 Å². The first-order chi connectivity index (χ1) is 13.1. The maximum Gasteiger partial charge on any atom is 0.303 e. The first-order valence-corrected chi connectivity index (χ1v) is 8.78. The van der Waals surface area contributed by atoms with Crippen molar-refractivity contribution in [1.82, 2.24) is 5.32 Å². The molecule has 160 valence electrons. The summed E-state index contributed by atoms with van der Waals surface area (Å²) in [6.07, 6.45) is -4.13. The lowest BCUT2D eigenvalue weighted by Gasteiger charge is -2.44. The molecule has 0 aromatic rings. The van der Waals surface area contributed by atoms with Crippen LogP contribution in [0.1, 0.15) is 34.1 Å². The van der Waals surface area contributed by atoms with Gasteiger partial charge < -0.3 is 34.1 Å². The zero-order valence-corrected chi connectivity index (χ0v) is 16.3. The molecule has 0 spiro atoms. The molecule has 1 aliphatic rings. The summed E-state index contributed by atoms with van der Waals surface area (Å²) in [6.45, 7) is 4.43. The van der Waals surface area contributed by atoms with E-state index in [9.17, 15) is 19.2 Å². The molecular weight excluding hydrogens is 378 g/mol. The first-order valence-electron chi connectivity index (χ1n) is 8.78. The second-order valence-electron chi connectivity index (χ2n) is 6.17. The SMILES string of the molecule is CC(=O)N[C@@H]1[C@@H](OCCCO)O[C@H](COC(C)=O)[C@@H](OC(C)=O)[C@@H]1OC(C)=O. The van der Waals surface area contributed by atoms with E-state index in [1.807, 2.05) is 0 Å². The molecule has 0 bridgehead atoms. The van der Waals surface area contributed by atoms with Gasteiger partial charge in [0.1, 0.15) is 18.8 Å². The molecule has 28 heavy (non-hydrogen) atoms. The molecule has 1 heterocycles. The molecule has 11 nitrogen and oxygen atoms in total. The molecule has 5 atom stereocenters. The number of carbonyl (C=O) groups excluding carboxylic acids is 4. The van der Waals surface area contributed by atoms with Crippen LogP contribution in [-0.4, -0.2) is 79.4 Å². The number of hydrogen-bond acceptors (Lipinski definition) is 10. The first kappa shape index (κ1) is 23.8. The Labute approximate surface area is 162 Å². The highest BCUT2D eigenvalue weighted by Crippen LogP contribution is 2.28. The summed E-state index contributed by atoms with van der Waals surface area (Å²) in [6, 6.07) is -1.00. The van der Waals surface area contributed by atoms with Gasteiger partial charge in [0.25, 0.3) is 0 Å². The van der Waals surface area contributed by atoms with E-state index in [4.69, 9.17) is 28.8 Å². The second-order valence-corrected chi connectivity index (χ2v) is 6.17. The molecule has 0 aliphatic carbocycles. The fraction of sp³-hybridized carbons (Fsp3) is 0.765. The Morgan fingerprint density at radius 2 is 1.57 bits per heavy atom. The fourth-order valence-corrected chi connectivity index (χ4v) is 2.70. The number of rotatable bonds is 9. The van der Waals surface area contributed by atoms with E-state index in [1.165, 1.54) is 13.8 Å². The van der Waals surface area contributed by atoms with Crippen molar-refractivity contribution in [2.24, 2.45) is 0 Å². The van der Waals surface area contributed by atoms with E-state index in [0.717, 1.165) is 13.8 Å². The van der Waals surface area contributed by atoms with Crippen molar-refractivity contribution in [2.45, 2.75) is 64.8 Å². The molecule has 0 unspecified atom stereocenters. The molecule has 0 radical (unpaired) electrons. The highest BCUT2D eigenvalue weighted by Gasteiger charge is 2.51. The van der Waals surface area contributed by atoms with Gasteiger partial charge in [-0.2, -0.15) is 0 Å². The number of esters is 3. The molecule has 0 aromatic heterocycles. The third-order valence-corrected chi connectivity index (χ3v) is 3.66. The summed E-state index contributed by atoms with van der Waals surface area (Å²) in [5.74, 6) is -2.41. The second kappa shape index (κ2) is 11.6. The third-order valence-electron chi connectivity index (χ3n) is 3.66. The van der Waals surface area contributed by atoms with E-state index in [-0.39, 0.29) is 19.8 Å². The minimum absolute atomic E-state index is 0.0859. The molecule has 1 rings (SSSR count). The van der Waals surface area contributed by atoms with Crippen LogP contribution in [0.5, 0.6) is 0 Å². The van der Waals surface area contributed by atoms with Gasteiger partial charge in [-0.15, -0.1) is 0 Å². The summed E-state index contributed by atoms with van der Waals surface area (Å²) in [5.41, 5.74) is 0. The van der Waals surface area contributed by atoms with Gasteiger partial charge in [0.2, 0.25) is 5.91 Å². The van der Waals surface area contributed by atoms with E-state index >= 15 is 0 Å². The Morgan fingerprint density at radius 1 is 0.964 bits per heavy atom. The van der Waals surface area contributed by atoms with Crippen molar-refractivity contribution < 1.29 is 48.0 Å². The molecule has 1 fully saturated rings. The van der Waals surface area contributed by atoms with Gasteiger partial charge >= 0.3 is 17.9 Å². The van der Waals surface area contributed by atoms with Gasteiger partial charge in [0.05, 0.1) is 6.61 Å². The quantitative estimate of drug-likeness (QED) is 0.279. The normalized spacial score (nSPS) is 26.8. The lowest BCUT2D eigenvalue weighted by molar-refractivity contribution is -0.278. The predicted octanol–water partition coefficient (Wildman–Crippen LogP) is -0.958. The average Bonchev–Trinajstić information content (AvgIpc) is 2.57. The third kappa shape index (κ3) is 7.79. The van der Waals surface area contributed by atoms with Crippen molar-refractivity contribution in [3.63, 3.8) is 0 Å². The van der Waals surface area contributed by atoms with Crippen LogP contribution < -0.4 is 5.32 Å². The summed E-state index contributed by atoms with van der Waals surface area (Å²) < 4.78 is 26.9. The summed E-state index contributed by atoms with van der Waals surface area (Å²) >= 11 is 0. The van der Waals surface area contributed by atoms with Gasteiger partial charge in [-0.25, -0.2) is 0 Å². The van der Waals surface area contributed by atoms with Crippen LogP contribution in [-0.2, 0) is 42.9 Å². The number of aliphatic hydroxyl groups is 1. The number of nitrogens with one attached hydrogen (secondary N) is 1. The summed E-state index contributed by atoms with van der Waals surface area (Å²) in [5, 5.41) is 11.5. The molecular formula is C17H27NO10. The maximum absolute atomic E-state index is 11.7. The topological polar surface area (TPSA) is 147 Å². The maximum atomic E-state index is 11.7. The van der Waals surface area contributed by atoms with Crippen molar-refractivity contribution in [3.05, 3.63) is 0 Å². The molecule has 0 saturated carbocycles. The Hall–Kier alpha value is -2.24. The fourth-order valence-electron chi connectivity index (χ4n) is 2.70. The number of ether oxygens (including phenoxy) is 5. The highest BCUT2D eigenvalue weighted by molar-refractivity contribution is 5.73. The van der Waals surface area contributed by atoms with Crippen LogP contribution in [0.4, 0.5) is 0 Å². The summed E-state index contributed by atoms with van der Waals surface area (Å²) in [7, 11) is 0. The molecule has 2 N–H and O–H groups in total. The van der Waals surface area contributed by atoms with Crippen LogP contribution in [0.25, 0.3) is 0 Å². The molecule has 1 saturated heterocycles. The van der Waals surface area contributed by atoms with Gasteiger partial charge in [0.15, 0.2) is 18.5 Å². The van der Waals surface area contributed by atoms with Crippen LogP contribution >= 0.6 is 0 Å². The molecule has 0 aromatic carbocycles. The lowest BCUT2D eigenvalue weighted by Crippen LogP contribution is -2.66. The standard InChI is InChI=1S/C17H27NO10/c1-9(20)18-14-16(27-12(4)23)15(26-11(3)22)13(8-25-10(2)21)28-17(14)24-7-5-6-19/h13-17,19H,5-8H2,1-4H3,(H,18,20)/t13-,14+,15-,16-,17+/m1/s1. The Kier molecular flexibility index (Phi) is 9.83. The zero-order chi connectivity index (χ0) is 21.3. The van der Waals surface area contributed by atoms with Crippen LogP contribution in [0, 0.1) is 0 Å². The van der Waals surface area contributed by atoms with Crippen molar-refractivity contribution in [3.8, 4) is 0 Å². The van der Waals surface area contributed by atoms with Gasteiger partial charge in [-0.1, -0.05) is 0 Å². The van der Waals surface area contributed by atoms with Crippen molar-refractivity contribution in [1.29, 1.82) is 0 Å². The Bertz CT molecular complexity index is 566. The number of aliphatic hydroxyl groups excluding tert-OH is 1. The largest absolute Gasteiger partial charge is 0.463 e. The summed E-state index contributed by atoms with van der Waals surface area (Å²) in [4.78, 5) is 46.1. The number of carbonyl (C=O) groups is 4.